The Labute approximate surface area is 119 Å². The van der Waals surface area contributed by atoms with Crippen LogP contribution < -0.4 is 10.1 Å². The van der Waals surface area contributed by atoms with E-state index in [-0.39, 0.29) is 0 Å². The van der Waals surface area contributed by atoms with Crippen LogP contribution in [0.25, 0.3) is 0 Å². The number of thiophene rings is 1. The highest BCUT2D eigenvalue weighted by Gasteiger charge is 2.10. The first-order chi connectivity index (χ1) is 9.33. The third kappa shape index (κ3) is 4.08. The van der Waals surface area contributed by atoms with Crippen molar-refractivity contribution in [2.45, 2.75) is 25.8 Å². The summed E-state index contributed by atoms with van der Waals surface area (Å²) in [5.74, 6) is 0.914. The van der Waals surface area contributed by atoms with Gasteiger partial charge in [0.15, 0.2) is 0 Å². The molecule has 2 aromatic rings. The zero-order valence-corrected chi connectivity index (χ0v) is 12.4. The first-order valence-corrected chi connectivity index (χ1v) is 7.66. The molecule has 0 aliphatic heterocycles. The fraction of sp³-hybridized carbons (Fsp3) is 0.375. The number of ether oxygens (including phenoxy) is 1. The number of benzene rings is 1. The fourth-order valence-corrected chi connectivity index (χ4v) is 2.92. The van der Waals surface area contributed by atoms with Crippen LogP contribution in [0.5, 0.6) is 5.75 Å². The SMILES string of the molecule is CCNC(CCc1ccsc1)c1ccc(OC)cc1. The topological polar surface area (TPSA) is 21.3 Å². The van der Waals surface area contributed by atoms with Crippen molar-refractivity contribution in [3.05, 3.63) is 52.2 Å². The van der Waals surface area contributed by atoms with E-state index in [9.17, 15) is 0 Å². The minimum absolute atomic E-state index is 0.413. The molecule has 1 heterocycles. The lowest BCUT2D eigenvalue weighted by atomic mass is 10.00. The van der Waals surface area contributed by atoms with Crippen molar-refractivity contribution in [2.75, 3.05) is 13.7 Å². The van der Waals surface area contributed by atoms with Gasteiger partial charge in [0.05, 0.1) is 7.11 Å². The molecule has 1 N–H and O–H groups in total. The second-order valence-electron chi connectivity index (χ2n) is 4.55. The Morgan fingerprint density at radius 1 is 1.21 bits per heavy atom. The molecular weight excluding hydrogens is 254 g/mol. The van der Waals surface area contributed by atoms with Gasteiger partial charge >= 0.3 is 0 Å². The summed E-state index contributed by atoms with van der Waals surface area (Å²) in [6.45, 7) is 3.14. The van der Waals surface area contributed by atoms with Gasteiger partial charge in [0.1, 0.15) is 5.75 Å². The largest absolute Gasteiger partial charge is 0.497 e. The Kier molecular flexibility index (Phi) is 5.43. The molecule has 0 radical (unpaired) electrons. The van der Waals surface area contributed by atoms with Crippen molar-refractivity contribution in [1.82, 2.24) is 5.32 Å². The van der Waals surface area contributed by atoms with Crippen molar-refractivity contribution >= 4 is 11.3 Å². The maximum absolute atomic E-state index is 5.21. The van der Waals surface area contributed by atoms with Gasteiger partial charge in [0.25, 0.3) is 0 Å². The van der Waals surface area contributed by atoms with E-state index in [1.165, 1.54) is 11.1 Å². The van der Waals surface area contributed by atoms with Gasteiger partial charge in [0, 0.05) is 6.04 Å². The highest BCUT2D eigenvalue weighted by atomic mass is 32.1. The van der Waals surface area contributed by atoms with Crippen LogP contribution in [0.2, 0.25) is 0 Å². The van der Waals surface area contributed by atoms with Gasteiger partial charge in [0.2, 0.25) is 0 Å². The van der Waals surface area contributed by atoms with Crippen LogP contribution in [0.1, 0.15) is 30.5 Å². The number of rotatable bonds is 7. The molecule has 0 saturated carbocycles. The molecule has 19 heavy (non-hydrogen) atoms. The molecule has 0 aliphatic rings. The van der Waals surface area contributed by atoms with Gasteiger partial charge < -0.3 is 10.1 Å². The molecule has 0 aliphatic carbocycles. The summed E-state index contributed by atoms with van der Waals surface area (Å²) in [4.78, 5) is 0. The molecule has 1 aromatic heterocycles. The number of methoxy groups -OCH3 is 1. The molecule has 1 atom stereocenters. The van der Waals surface area contributed by atoms with Gasteiger partial charge in [-0.3, -0.25) is 0 Å². The number of hydrogen-bond acceptors (Lipinski definition) is 3. The average Bonchev–Trinajstić information content (AvgIpc) is 2.97. The van der Waals surface area contributed by atoms with Crippen LogP contribution >= 0.6 is 11.3 Å². The molecule has 0 bridgehead atoms. The van der Waals surface area contributed by atoms with Gasteiger partial charge in [-0.25, -0.2) is 0 Å². The van der Waals surface area contributed by atoms with Gasteiger partial charge in [-0.1, -0.05) is 19.1 Å². The van der Waals surface area contributed by atoms with Crippen molar-refractivity contribution < 1.29 is 4.74 Å². The van der Waals surface area contributed by atoms with Crippen LogP contribution in [0, 0.1) is 0 Å². The monoisotopic (exact) mass is 275 g/mol. The molecule has 0 fully saturated rings. The lowest BCUT2D eigenvalue weighted by Crippen LogP contribution is -2.21. The zero-order valence-electron chi connectivity index (χ0n) is 11.6. The Balaban J connectivity index is 2.01. The second kappa shape index (κ2) is 7.31. The summed E-state index contributed by atoms with van der Waals surface area (Å²) in [6, 6.07) is 11.0. The minimum atomic E-state index is 0.413. The molecule has 0 spiro atoms. The van der Waals surface area contributed by atoms with Crippen LogP contribution in [-0.2, 0) is 6.42 Å². The third-order valence-electron chi connectivity index (χ3n) is 3.27. The average molecular weight is 275 g/mol. The van der Waals surface area contributed by atoms with E-state index in [2.05, 4.69) is 41.2 Å². The van der Waals surface area contributed by atoms with E-state index in [4.69, 9.17) is 4.74 Å². The van der Waals surface area contributed by atoms with Crippen LogP contribution in [-0.4, -0.2) is 13.7 Å². The summed E-state index contributed by atoms with van der Waals surface area (Å²) in [5, 5.41) is 7.94. The van der Waals surface area contributed by atoms with Crippen LogP contribution in [0.15, 0.2) is 41.1 Å². The number of nitrogens with one attached hydrogen (secondary N) is 1. The predicted octanol–water partition coefficient (Wildman–Crippen LogP) is 4.04. The Bertz CT molecular complexity index is 464. The summed E-state index contributed by atoms with van der Waals surface area (Å²) >= 11 is 1.77. The van der Waals surface area contributed by atoms with E-state index in [1.807, 2.05) is 12.1 Å². The van der Waals surface area contributed by atoms with E-state index >= 15 is 0 Å². The van der Waals surface area contributed by atoms with Crippen LogP contribution in [0.4, 0.5) is 0 Å². The van der Waals surface area contributed by atoms with Gasteiger partial charge in [-0.2, -0.15) is 11.3 Å². The van der Waals surface area contributed by atoms with Crippen molar-refractivity contribution in [2.24, 2.45) is 0 Å². The minimum Gasteiger partial charge on any atom is -0.497 e. The van der Waals surface area contributed by atoms with E-state index in [0.29, 0.717) is 6.04 Å². The molecule has 2 rings (SSSR count). The summed E-state index contributed by atoms with van der Waals surface area (Å²) in [5.41, 5.74) is 2.76. The molecule has 1 unspecified atom stereocenters. The summed E-state index contributed by atoms with van der Waals surface area (Å²) in [7, 11) is 1.70. The van der Waals surface area contributed by atoms with Crippen molar-refractivity contribution in [3.8, 4) is 5.75 Å². The molecule has 1 aromatic carbocycles. The molecule has 0 amide bonds. The Hall–Kier alpha value is -1.32. The number of aryl methyl sites for hydroxylation is 1. The van der Waals surface area contributed by atoms with Crippen molar-refractivity contribution in [3.63, 3.8) is 0 Å². The first-order valence-electron chi connectivity index (χ1n) is 6.72. The highest BCUT2D eigenvalue weighted by molar-refractivity contribution is 7.07. The first kappa shape index (κ1) is 14.1. The van der Waals surface area contributed by atoms with Crippen LogP contribution in [0.3, 0.4) is 0 Å². The Morgan fingerprint density at radius 3 is 2.58 bits per heavy atom. The van der Waals surface area contributed by atoms with E-state index in [1.54, 1.807) is 18.4 Å². The van der Waals surface area contributed by atoms with E-state index < -0.39 is 0 Å². The maximum atomic E-state index is 5.21. The molecule has 0 saturated heterocycles. The van der Waals surface area contributed by atoms with E-state index in [0.717, 1.165) is 25.1 Å². The summed E-state index contributed by atoms with van der Waals surface area (Å²) in [6.07, 6.45) is 2.24. The molecule has 102 valence electrons. The smallest absolute Gasteiger partial charge is 0.118 e. The number of hydrogen-bond donors (Lipinski definition) is 1. The molecule has 2 nitrogen and oxygen atoms in total. The lowest BCUT2D eigenvalue weighted by molar-refractivity contribution is 0.414. The standard InChI is InChI=1S/C16H21NOS/c1-3-17-16(9-4-13-10-11-19-12-13)14-5-7-15(18-2)8-6-14/h5-8,10-12,16-17H,3-4,9H2,1-2H3. The molecular formula is C16H21NOS. The van der Waals surface area contributed by atoms with Gasteiger partial charge in [-0.15, -0.1) is 0 Å². The highest BCUT2D eigenvalue weighted by Crippen LogP contribution is 2.22. The quantitative estimate of drug-likeness (QED) is 0.823. The van der Waals surface area contributed by atoms with Crippen molar-refractivity contribution in [1.29, 1.82) is 0 Å². The maximum Gasteiger partial charge on any atom is 0.118 e. The zero-order chi connectivity index (χ0) is 13.5. The second-order valence-corrected chi connectivity index (χ2v) is 5.33. The normalized spacial score (nSPS) is 12.3. The van der Waals surface area contributed by atoms with Gasteiger partial charge in [-0.05, 0) is 59.5 Å². The fourth-order valence-electron chi connectivity index (χ4n) is 2.22. The predicted molar refractivity (Wildman–Crippen MR) is 82.1 cm³/mol. The third-order valence-corrected chi connectivity index (χ3v) is 4.00. The summed E-state index contributed by atoms with van der Waals surface area (Å²) < 4.78 is 5.21. The lowest BCUT2D eigenvalue weighted by Gasteiger charge is -2.18. The molecule has 3 heteroatoms. The Morgan fingerprint density at radius 2 is 2.00 bits per heavy atom.